The van der Waals surface area contributed by atoms with Gasteiger partial charge in [0.2, 0.25) is 0 Å². The van der Waals surface area contributed by atoms with Gasteiger partial charge in [-0.1, -0.05) is 39.3 Å². The van der Waals surface area contributed by atoms with Gasteiger partial charge in [-0.15, -0.1) is 0 Å². The molecule has 6 fully saturated rings. The SMILES string of the molecule is CC(C)=C[C@@H]1CCC23CC4(CO2)C(CCC2[C@@]5(C)CCC(O)C(C)(C)C5CC[C@]24C)C3C1O. The summed E-state index contributed by atoms with van der Waals surface area (Å²) in [6, 6.07) is 0. The van der Waals surface area contributed by atoms with E-state index in [0.717, 1.165) is 25.9 Å². The van der Waals surface area contributed by atoms with Gasteiger partial charge in [0.25, 0.3) is 0 Å². The van der Waals surface area contributed by atoms with Gasteiger partial charge in [0, 0.05) is 17.3 Å². The topological polar surface area (TPSA) is 49.7 Å². The Morgan fingerprint density at radius 2 is 1.64 bits per heavy atom. The maximum Gasteiger partial charge on any atom is 0.0745 e. The van der Waals surface area contributed by atoms with Crippen LogP contribution in [0.4, 0.5) is 0 Å². The Morgan fingerprint density at radius 1 is 0.879 bits per heavy atom. The third-order valence-electron chi connectivity index (χ3n) is 13.2. The number of aliphatic hydroxyl groups excluding tert-OH is 2. The average Bonchev–Trinajstić information content (AvgIpc) is 3.26. The second-order valence-electron chi connectivity index (χ2n) is 14.8. The van der Waals surface area contributed by atoms with Crippen molar-refractivity contribution in [3.63, 3.8) is 0 Å². The highest BCUT2D eigenvalue weighted by molar-refractivity contribution is 5.27. The molecule has 1 saturated heterocycles. The Balaban J connectivity index is 1.39. The number of hydrogen-bond acceptors (Lipinski definition) is 3. The van der Waals surface area contributed by atoms with E-state index in [1.165, 1.54) is 44.1 Å². The Hall–Kier alpha value is -0.380. The van der Waals surface area contributed by atoms with E-state index in [9.17, 15) is 10.2 Å². The molecule has 0 amide bonds. The molecule has 0 aromatic rings. The summed E-state index contributed by atoms with van der Waals surface area (Å²) in [6.45, 7) is 15.2. The fraction of sp³-hybridized carbons (Fsp3) is 0.933. The molecule has 0 radical (unpaired) electrons. The molecule has 1 heterocycles. The number of fused-ring (bicyclic) bond motifs is 4. The zero-order valence-electron chi connectivity index (χ0n) is 22.0. The zero-order valence-corrected chi connectivity index (χ0v) is 22.0. The summed E-state index contributed by atoms with van der Waals surface area (Å²) in [7, 11) is 0. The summed E-state index contributed by atoms with van der Waals surface area (Å²) in [5, 5.41) is 22.6. The smallest absolute Gasteiger partial charge is 0.0745 e. The monoisotopic (exact) mass is 456 g/mol. The fourth-order valence-electron chi connectivity index (χ4n) is 11.8. The minimum absolute atomic E-state index is 0.00761. The maximum atomic E-state index is 11.7. The molecule has 2 N–H and O–H groups in total. The van der Waals surface area contributed by atoms with Gasteiger partial charge in [0.05, 0.1) is 24.4 Å². The molecule has 2 spiro atoms. The molecule has 0 aromatic carbocycles. The number of ether oxygens (including phenoxy) is 1. The predicted octanol–water partition coefficient (Wildman–Crippen LogP) is 6.13. The summed E-state index contributed by atoms with van der Waals surface area (Å²) in [5.74, 6) is 2.53. The molecule has 1 aliphatic heterocycles. The van der Waals surface area contributed by atoms with Crippen molar-refractivity contribution in [1.29, 1.82) is 0 Å². The van der Waals surface area contributed by atoms with Crippen LogP contribution in [0.25, 0.3) is 0 Å². The standard InChI is InChI=1S/C30H48O3/c1-18(2)15-19-9-14-30-16-29(17-33-30)20(24(30)25(19)32)7-8-22-27(5)12-11-23(31)26(3,4)21(27)10-13-28(22,29)6/h15,19-25,31-32H,7-14,16-17H2,1-6H3/t19-,20?,21?,22?,23?,24?,25?,27-,28+,29?,30?/m0/s1. The van der Waals surface area contributed by atoms with Crippen molar-refractivity contribution in [2.75, 3.05) is 6.61 Å². The Kier molecular flexibility index (Phi) is 4.81. The lowest BCUT2D eigenvalue weighted by molar-refractivity contribution is -0.250. The van der Waals surface area contributed by atoms with Crippen molar-refractivity contribution in [3.05, 3.63) is 11.6 Å². The van der Waals surface area contributed by atoms with Crippen molar-refractivity contribution in [2.24, 2.45) is 51.2 Å². The van der Waals surface area contributed by atoms with Crippen LogP contribution >= 0.6 is 0 Å². The third-order valence-corrected chi connectivity index (χ3v) is 13.2. The normalized spacial score (nSPS) is 58.6. The summed E-state index contributed by atoms with van der Waals surface area (Å²) in [5.41, 5.74) is 2.09. The molecule has 186 valence electrons. The number of aliphatic hydroxyl groups is 2. The number of hydrogen-bond donors (Lipinski definition) is 2. The summed E-state index contributed by atoms with van der Waals surface area (Å²) >= 11 is 0. The Morgan fingerprint density at radius 3 is 2.36 bits per heavy atom. The molecule has 6 rings (SSSR count). The van der Waals surface area contributed by atoms with Gasteiger partial charge in [-0.3, -0.25) is 0 Å². The first-order chi connectivity index (χ1) is 15.4. The van der Waals surface area contributed by atoms with Crippen molar-refractivity contribution >= 4 is 0 Å². The van der Waals surface area contributed by atoms with Crippen molar-refractivity contribution < 1.29 is 14.9 Å². The Labute approximate surface area is 201 Å². The molecular formula is C30H48O3. The molecule has 5 saturated carbocycles. The molecule has 3 heteroatoms. The highest BCUT2D eigenvalue weighted by Gasteiger charge is 2.78. The average molecular weight is 457 g/mol. The first-order valence-electron chi connectivity index (χ1n) is 14.1. The number of allylic oxidation sites excluding steroid dienone is 1. The first kappa shape index (κ1) is 23.0. The largest absolute Gasteiger partial charge is 0.393 e. The van der Waals surface area contributed by atoms with Gasteiger partial charge >= 0.3 is 0 Å². The molecule has 6 aliphatic rings. The van der Waals surface area contributed by atoms with Crippen LogP contribution in [0.1, 0.15) is 99.3 Å². The van der Waals surface area contributed by atoms with Crippen LogP contribution in [0.5, 0.6) is 0 Å². The van der Waals surface area contributed by atoms with Gasteiger partial charge in [-0.25, -0.2) is 0 Å². The van der Waals surface area contributed by atoms with Gasteiger partial charge in [0.1, 0.15) is 0 Å². The van der Waals surface area contributed by atoms with E-state index >= 15 is 0 Å². The minimum atomic E-state index is -0.253. The van der Waals surface area contributed by atoms with Crippen molar-refractivity contribution in [1.82, 2.24) is 0 Å². The van der Waals surface area contributed by atoms with E-state index in [-0.39, 0.29) is 34.1 Å². The minimum Gasteiger partial charge on any atom is -0.393 e. The second kappa shape index (κ2) is 6.88. The quantitative estimate of drug-likeness (QED) is 0.467. The second-order valence-corrected chi connectivity index (χ2v) is 14.8. The van der Waals surface area contributed by atoms with Crippen molar-refractivity contribution in [3.8, 4) is 0 Å². The molecule has 33 heavy (non-hydrogen) atoms. The van der Waals surface area contributed by atoms with Gasteiger partial charge in [0.15, 0.2) is 0 Å². The lowest BCUT2D eigenvalue weighted by Crippen LogP contribution is -2.66. The van der Waals surface area contributed by atoms with E-state index in [1.807, 2.05) is 0 Å². The zero-order chi connectivity index (χ0) is 23.6. The molecule has 8 unspecified atom stereocenters. The van der Waals surface area contributed by atoms with E-state index in [1.54, 1.807) is 0 Å². The molecular weight excluding hydrogens is 408 g/mol. The van der Waals surface area contributed by atoms with Gasteiger partial charge < -0.3 is 14.9 Å². The summed E-state index contributed by atoms with van der Waals surface area (Å²) < 4.78 is 6.85. The summed E-state index contributed by atoms with van der Waals surface area (Å²) in [6.07, 6.45) is 12.5. The lowest BCUT2D eigenvalue weighted by Gasteiger charge is -2.70. The van der Waals surface area contributed by atoms with Crippen LogP contribution in [0, 0.1) is 51.2 Å². The molecule has 3 nitrogen and oxygen atoms in total. The van der Waals surface area contributed by atoms with Crippen LogP contribution in [0.2, 0.25) is 0 Å². The summed E-state index contributed by atoms with van der Waals surface area (Å²) in [4.78, 5) is 0. The van der Waals surface area contributed by atoms with E-state index in [0.29, 0.717) is 35.0 Å². The highest BCUT2D eigenvalue weighted by Crippen LogP contribution is 2.80. The van der Waals surface area contributed by atoms with Gasteiger partial charge in [-0.05, 0) is 106 Å². The Bertz CT molecular complexity index is 859. The van der Waals surface area contributed by atoms with Crippen LogP contribution in [-0.4, -0.2) is 34.6 Å². The van der Waals surface area contributed by atoms with Gasteiger partial charge in [-0.2, -0.15) is 0 Å². The first-order valence-corrected chi connectivity index (χ1v) is 14.1. The maximum absolute atomic E-state index is 11.7. The molecule has 0 aromatic heterocycles. The predicted molar refractivity (Wildman–Crippen MR) is 132 cm³/mol. The fourth-order valence-corrected chi connectivity index (χ4v) is 11.8. The van der Waals surface area contributed by atoms with E-state index in [4.69, 9.17) is 4.74 Å². The van der Waals surface area contributed by atoms with Crippen LogP contribution in [0.3, 0.4) is 0 Å². The third kappa shape index (κ3) is 2.63. The molecule has 11 atom stereocenters. The van der Waals surface area contributed by atoms with E-state index in [2.05, 4.69) is 47.6 Å². The van der Waals surface area contributed by atoms with Crippen LogP contribution in [0.15, 0.2) is 11.6 Å². The van der Waals surface area contributed by atoms with Crippen molar-refractivity contribution in [2.45, 2.75) is 117 Å². The molecule has 5 aliphatic carbocycles. The highest BCUT2D eigenvalue weighted by atomic mass is 16.5. The van der Waals surface area contributed by atoms with Crippen LogP contribution in [-0.2, 0) is 4.74 Å². The number of rotatable bonds is 1. The molecule has 2 bridgehead atoms. The lowest BCUT2D eigenvalue weighted by atomic mass is 9.35. The van der Waals surface area contributed by atoms with Crippen LogP contribution < -0.4 is 0 Å². The van der Waals surface area contributed by atoms with E-state index < -0.39 is 0 Å².